The van der Waals surface area contributed by atoms with Crippen molar-refractivity contribution in [1.29, 1.82) is 0 Å². The van der Waals surface area contributed by atoms with E-state index in [9.17, 15) is 14.7 Å². The Morgan fingerprint density at radius 1 is 0.889 bits per heavy atom. The van der Waals surface area contributed by atoms with Crippen LogP contribution in [0.1, 0.15) is 77.3 Å². The number of carbonyl (C=O) groups is 2. The first-order valence-corrected chi connectivity index (χ1v) is 9.69. The molecule has 4 heteroatoms. The molecule has 0 fully saturated rings. The summed E-state index contributed by atoms with van der Waals surface area (Å²) in [5, 5.41) is 9.66. The lowest BCUT2D eigenvalue weighted by atomic mass is 9.95. The molecule has 2 rings (SSSR count). The lowest BCUT2D eigenvalue weighted by Gasteiger charge is -2.12. The maximum absolute atomic E-state index is 12.4. The van der Waals surface area contributed by atoms with E-state index in [2.05, 4.69) is 6.92 Å². The van der Waals surface area contributed by atoms with Crippen molar-refractivity contribution in [2.45, 2.75) is 51.9 Å². The molecular weight excluding hydrogens is 340 g/mol. The van der Waals surface area contributed by atoms with Crippen LogP contribution in [0, 0.1) is 0 Å². The molecule has 0 spiro atoms. The van der Waals surface area contributed by atoms with Crippen LogP contribution in [-0.4, -0.2) is 23.7 Å². The number of rotatable bonds is 11. The lowest BCUT2D eigenvalue weighted by Crippen LogP contribution is -2.15. The lowest BCUT2D eigenvalue weighted by molar-refractivity contribution is 0.0487. The molecule has 0 amide bonds. The van der Waals surface area contributed by atoms with E-state index in [4.69, 9.17) is 4.74 Å². The molecule has 0 aliphatic heterocycles. The zero-order chi connectivity index (χ0) is 19.5. The number of hydrogen-bond donors (Lipinski definition) is 1. The third kappa shape index (κ3) is 6.55. The van der Waals surface area contributed by atoms with Crippen molar-refractivity contribution < 1.29 is 19.4 Å². The fourth-order valence-corrected chi connectivity index (χ4v) is 3.11. The number of esters is 1. The van der Waals surface area contributed by atoms with Crippen LogP contribution in [0.5, 0.6) is 0 Å². The summed E-state index contributed by atoms with van der Waals surface area (Å²) in [5.74, 6) is -1.66. The highest BCUT2D eigenvalue weighted by Crippen LogP contribution is 2.20. The van der Waals surface area contributed by atoms with Gasteiger partial charge in [0.25, 0.3) is 0 Å². The molecule has 0 bridgehead atoms. The van der Waals surface area contributed by atoms with Crippen LogP contribution in [-0.2, 0) is 11.2 Å². The zero-order valence-electron chi connectivity index (χ0n) is 15.9. The molecule has 0 heterocycles. The molecule has 2 aromatic carbocycles. The van der Waals surface area contributed by atoms with E-state index >= 15 is 0 Å². The van der Waals surface area contributed by atoms with Gasteiger partial charge in [-0.2, -0.15) is 0 Å². The van der Waals surface area contributed by atoms with Gasteiger partial charge >= 0.3 is 11.9 Å². The van der Waals surface area contributed by atoms with Crippen LogP contribution in [0.2, 0.25) is 0 Å². The number of benzene rings is 2. The van der Waals surface area contributed by atoms with E-state index in [1.807, 2.05) is 30.3 Å². The van der Waals surface area contributed by atoms with Crippen molar-refractivity contribution in [3.63, 3.8) is 0 Å². The number of aromatic carboxylic acids is 1. The molecule has 2 aromatic rings. The predicted molar refractivity (Wildman–Crippen MR) is 106 cm³/mol. The minimum Gasteiger partial charge on any atom is -0.478 e. The molecule has 0 unspecified atom stereocenters. The Kier molecular flexibility index (Phi) is 8.56. The van der Waals surface area contributed by atoms with Crippen LogP contribution >= 0.6 is 0 Å². The summed E-state index contributed by atoms with van der Waals surface area (Å²) in [6.45, 7) is 2.50. The van der Waals surface area contributed by atoms with Gasteiger partial charge in [-0.15, -0.1) is 0 Å². The summed E-state index contributed by atoms with van der Waals surface area (Å²) in [5.41, 5.74) is 1.77. The Balaban J connectivity index is 2.02. The average molecular weight is 368 g/mol. The van der Waals surface area contributed by atoms with Crippen LogP contribution in [0.15, 0.2) is 48.5 Å². The topological polar surface area (TPSA) is 63.6 Å². The molecule has 1 N–H and O–H groups in total. The minimum atomic E-state index is -1.10. The van der Waals surface area contributed by atoms with Gasteiger partial charge in [-0.3, -0.25) is 0 Å². The fraction of sp³-hybridized carbons (Fsp3) is 0.391. The highest BCUT2D eigenvalue weighted by Gasteiger charge is 2.21. The molecule has 0 aliphatic rings. The average Bonchev–Trinajstić information content (AvgIpc) is 2.67. The molecule has 0 aliphatic carbocycles. The Morgan fingerprint density at radius 3 is 2.30 bits per heavy atom. The van der Waals surface area contributed by atoms with Gasteiger partial charge < -0.3 is 9.84 Å². The van der Waals surface area contributed by atoms with Gasteiger partial charge in [0.15, 0.2) is 0 Å². The SMILES string of the molecule is CCCCCCCCOC(=O)c1cccc(Cc2ccccc2)c1C(=O)O. The fourth-order valence-electron chi connectivity index (χ4n) is 3.11. The van der Waals surface area contributed by atoms with Crippen LogP contribution in [0.4, 0.5) is 0 Å². The summed E-state index contributed by atoms with van der Waals surface area (Å²) in [6.07, 6.45) is 7.06. The van der Waals surface area contributed by atoms with Gasteiger partial charge in [-0.1, -0.05) is 81.5 Å². The number of carbonyl (C=O) groups excluding carboxylic acids is 1. The third-order valence-electron chi connectivity index (χ3n) is 4.55. The summed E-state index contributed by atoms with van der Waals surface area (Å²) in [6, 6.07) is 14.6. The van der Waals surface area contributed by atoms with E-state index in [0.717, 1.165) is 24.8 Å². The second-order valence-corrected chi connectivity index (χ2v) is 6.71. The second kappa shape index (κ2) is 11.2. The van der Waals surface area contributed by atoms with E-state index in [1.54, 1.807) is 12.1 Å². The van der Waals surface area contributed by atoms with Crippen molar-refractivity contribution in [3.05, 3.63) is 70.8 Å². The van der Waals surface area contributed by atoms with Gasteiger partial charge in [0.1, 0.15) is 0 Å². The smallest absolute Gasteiger partial charge is 0.339 e. The van der Waals surface area contributed by atoms with Crippen LogP contribution < -0.4 is 0 Å². The van der Waals surface area contributed by atoms with Gasteiger partial charge in [0.2, 0.25) is 0 Å². The molecule has 4 nitrogen and oxygen atoms in total. The molecule has 144 valence electrons. The summed E-state index contributed by atoms with van der Waals surface area (Å²) in [4.78, 5) is 24.2. The first-order valence-electron chi connectivity index (χ1n) is 9.69. The van der Waals surface area contributed by atoms with Gasteiger partial charge in [0.05, 0.1) is 17.7 Å². The maximum atomic E-state index is 12.4. The number of ether oxygens (including phenoxy) is 1. The second-order valence-electron chi connectivity index (χ2n) is 6.71. The monoisotopic (exact) mass is 368 g/mol. The summed E-state index contributed by atoms with van der Waals surface area (Å²) in [7, 11) is 0. The Hall–Kier alpha value is -2.62. The highest BCUT2D eigenvalue weighted by molar-refractivity contribution is 6.03. The first kappa shape index (κ1) is 20.7. The predicted octanol–water partition coefficient (Wildman–Crippen LogP) is 5.49. The van der Waals surface area contributed by atoms with E-state index in [1.165, 1.54) is 25.3 Å². The van der Waals surface area contributed by atoms with Crippen molar-refractivity contribution in [2.24, 2.45) is 0 Å². The van der Waals surface area contributed by atoms with Gasteiger partial charge in [-0.25, -0.2) is 9.59 Å². The van der Waals surface area contributed by atoms with Gasteiger partial charge in [-0.05, 0) is 30.0 Å². The zero-order valence-corrected chi connectivity index (χ0v) is 15.9. The van der Waals surface area contributed by atoms with Gasteiger partial charge in [0, 0.05) is 0 Å². The minimum absolute atomic E-state index is 0.0364. The first-order chi connectivity index (χ1) is 13.1. The van der Waals surface area contributed by atoms with Crippen molar-refractivity contribution >= 4 is 11.9 Å². The number of carboxylic acid groups (broad SMARTS) is 1. The molecule has 0 aromatic heterocycles. The third-order valence-corrected chi connectivity index (χ3v) is 4.55. The Bertz CT molecular complexity index is 737. The number of unbranched alkanes of at least 4 members (excludes halogenated alkanes) is 5. The summed E-state index contributed by atoms with van der Waals surface area (Å²) < 4.78 is 5.33. The largest absolute Gasteiger partial charge is 0.478 e. The molecule has 0 radical (unpaired) electrons. The maximum Gasteiger partial charge on any atom is 0.339 e. The Morgan fingerprint density at radius 2 is 1.59 bits per heavy atom. The van der Waals surface area contributed by atoms with Crippen LogP contribution in [0.25, 0.3) is 0 Å². The van der Waals surface area contributed by atoms with E-state index in [0.29, 0.717) is 18.6 Å². The highest BCUT2D eigenvalue weighted by atomic mass is 16.5. The van der Waals surface area contributed by atoms with Crippen molar-refractivity contribution in [3.8, 4) is 0 Å². The molecule has 0 saturated heterocycles. The van der Waals surface area contributed by atoms with E-state index in [-0.39, 0.29) is 11.1 Å². The molecular formula is C23H28O4. The van der Waals surface area contributed by atoms with Crippen LogP contribution in [0.3, 0.4) is 0 Å². The van der Waals surface area contributed by atoms with E-state index < -0.39 is 11.9 Å². The number of hydrogen-bond acceptors (Lipinski definition) is 3. The van der Waals surface area contributed by atoms with Crippen molar-refractivity contribution in [1.82, 2.24) is 0 Å². The molecule has 0 saturated carbocycles. The Labute approximate surface area is 161 Å². The van der Waals surface area contributed by atoms with Crippen molar-refractivity contribution in [2.75, 3.05) is 6.61 Å². The quantitative estimate of drug-likeness (QED) is 0.420. The molecule has 0 atom stereocenters. The standard InChI is InChI=1S/C23H28O4/c1-2-3-4-5-6-10-16-27-23(26)20-15-11-14-19(21(20)22(24)25)17-18-12-8-7-9-13-18/h7-9,11-15H,2-6,10,16-17H2,1H3,(H,24,25). The summed E-state index contributed by atoms with van der Waals surface area (Å²) >= 11 is 0. The number of carboxylic acids is 1. The normalized spacial score (nSPS) is 10.6. The molecule has 27 heavy (non-hydrogen) atoms.